The van der Waals surface area contributed by atoms with E-state index in [4.69, 9.17) is 5.84 Å². The van der Waals surface area contributed by atoms with Gasteiger partial charge in [0.2, 0.25) is 0 Å². The molecular weight excluding hydrogens is 238 g/mol. The van der Waals surface area contributed by atoms with E-state index in [1.165, 1.54) is 0 Å². The summed E-state index contributed by atoms with van der Waals surface area (Å²) in [5.41, 5.74) is 4.75. The summed E-state index contributed by atoms with van der Waals surface area (Å²) in [6.45, 7) is 7.47. The van der Waals surface area contributed by atoms with E-state index < -0.39 is 0 Å². The molecule has 0 atom stereocenters. The number of anilines is 1. The zero-order chi connectivity index (χ0) is 14.3. The first-order chi connectivity index (χ1) is 9.10. The van der Waals surface area contributed by atoms with E-state index in [1.54, 1.807) is 0 Å². The van der Waals surface area contributed by atoms with Crippen LogP contribution in [-0.4, -0.2) is 5.91 Å². The number of para-hydroxylation sites is 1. The van der Waals surface area contributed by atoms with Gasteiger partial charge in [0.15, 0.2) is 0 Å². The number of hydrazine groups is 1. The number of hydrogen-bond donors (Lipinski definition) is 3. The normalized spacial score (nSPS) is 11.9. The molecule has 1 aromatic carbocycles. The fourth-order valence-corrected chi connectivity index (χ4v) is 1.67. The highest BCUT2D eigenvalue weighted by Crippen LogP contribution is 2.15. The molecule has 0 radical (unpaired) electrons. The van der Waals surface area contributed by atoms with E-state index >= 15 is 0 Å². The van der Waals surface area contributed by atoms with Crippen molar-refractivity contribution in [2.75, 3.05) is 5.32 Å². The third-order valence-corrected chi connectivity index (χ3v) is 2.55. The predicted molar refractivity (Wildman–Crippen MR) is 79.0 cm³/mol. The number of amides is 1. The first kappa shape index (κ1) is 14.7. The highest BCUT2D eigenvalue weighted by Gasteiger charge is 2.15. The van der Waals surface area contributed by atoms with Crippen LogP contribution >= 0.6 is 0 Å². The molecule has 0 bridgehead atoms. The Morgan fingerprint density at radius 3 is 2.47 bits per heavy atom. The molecule has 0 unspecified atom stereocenters. The van der Waals surface area contributed by atoms with Crippen molar-refractivity contribution >= 4 is 11.6 Å². The molecule has 1 rings (SSSR count). The maximum atomic E-state index is 12.3. The summed E-state index contributed by atoms with van der Waals surface area (Å²) in [7, 11) is 0. The fraction of sp³-hybridized carbons (Fsp3) is 0.133. The maximum Gasteiger partial charge on any atom is 0.258 e. The number of carbonyl (C=O) groups excluding carboxylic acids is 1. The second kappa shape index (κ2) is 7.18. The third-order valence-electron chi connectivity index (χ3n) is 2.55. The third kappa shape index (κ3) is 4.12. The molecule has 100 valence electrons. The van der Waals surface area contributed by atoms with Gasteiger partial charge in [-0.3, -0.25) is 10.6 Å². The second-order valence-corrected chi connectivity index (χ2v) is 4.00. The summed E-state index contributed by atoms with van der Waals surface area (Å²) < 4.78 is 0. The maximum absolute atomic E-state index is 12.3. The molecule has 0 saturated carbocycles. The first-order valence-corrected chi connectivity index (χ1v) is 5.96. The van der Waals surface area contributed by atoms with Gasteiger partial charge in [0.1, 0.15) is 0 Å². The van der Waals surface area contributed by atoms with Crippen LogP contribution in [0.5, 0.6) is 0 Å². The summed E-state index contributed by atoms with van der Waals surface area (Å²) in [5.74, 6) is 5.10. The Morgan fingerprint density at radius 2 is 1.95 bits per heavy atom. The van der Waals surface area contributed by atoms with Crippen molar-refractivity contribution in [3.8, 4) is 0 Å². The van der Waals surface area contributed by atoms with Crippen molar-refractivity contribution in [1.82, 2.24) is 5.43 Å². The molecule has 0 aliphatic rings. The summed E-state index contributed by atoms with van der Waals surface area (Å²) >= 11 is 0. The summed E-state index contributed by atoms with van der Waals surface area (Å²) in [4.78, 5) is 12.3. The van der Waals surface area contributed by atoms with Crippen LogP contribution < -0.4 is 16.6 Å². The Morgan fingerprint density at radius 1 is 1.32 bits per heavy atom. The lowest BCUT2D eigenvalue weighted by Gasteiger charge is -2.13. The highest BCUT2D eigenvalue weighted by atomic mass is 16.1. The van der Waals surface area contributed by atoms with Gasteiger partial charge in [-0.05, 0) is 31.6 Å². The summed E-state index contributed by atoms with van der Waals surface area (Å²) in [5, 5.41) is 2.81. The van der Waals surface area contributed by atoms with E-state index in [1.807, 2.05) is 56.3 Å². The number of rotatable bonds is 5. The first-order valence-electron chi connectivity index (χ1n) is 5.96. The van der Waals surface area contributed by atoms with Crippen molar-refractivity contribution in [3.63, 3.8) is 0 Å². The topological polar surface area (TPSA) is 67.1 Å². The van der Waals surface area contributed by atoms with Crippen LogP contribution in [0.4, 0.5) is 5.69 Å². The van der Waals surface area contributed by atoms with Gasteiger partial charge in [0, 0.05) is 5.69 Å². The monoisotopic (exact) mass is 257 g/mol. The van der Waals surface area contributed by atoms with Crippen LogP contribution in [0.2, 0.25) is 0 Å². The van der Waals surface area contributed by atoms with Crippen LogP contribution in [-0.2, 0) is 4.79 Å². The van der Waals surface area contributed by atoms with Gasteiger partial charge in [0.05, 0.1) is 11.3 Å². The van der Waals surface area contributed by atoms with Gasteiger partial charge in [-0.25, -0.2) is 0 Å². The lowest BCUT2D eigenvalue weighted by Crippen LogP contribution is -2.27. The van der Waals surface area contributed by atoms with Crippen LogP contribution in [0.15, 0.2) is 65.9 Å². The predicted octanol–water partition coefficient (Wildman–Crippen LogP) is 2.49. The average molecular weight is 257 g/mol. The molecule has 4 nitrogen and oxygen atoms in total. The highest BCUT2D eigenvalue weighted by molar-refractivity contribution is 6.07. The molecule has 1 amide bonds. The van der Waals surface area contributed by atoms with Crippen molar-refractivity contribution < 1.29 is 4.79 Å². The molecular formula is C15H19N3O. The number of nitrogens with two attached hydrogens (primary N) is 1. The standard InChI is InChI=1S/C15H19N3O/c1-4-8-11(2)14(12(3)18-16)15(19)17-13-9-6-5-7-10-13/h4-10,18H,3,16H2,1-2H3,(H,17,19)/b8-4-,14-11+. The molecule has 1 aromatic rings. The SMILES string of the molecule is C=C(NN)/C(C(=O)Nc1ccccc1)=C(C)\C=C/C. The molecule has 19 heavy (non-hydrogen) atoms. The van der Waals surface area contributed by atoms with Crippen LogP contribution in [0.25, 0.3) is 0 Å². The van der Waals surface area contributed by atoms with E-state index in [2.05, 4.69) is 17.3 Å². The summed E-state index contributed by atoms with van der Waals surface area (Å²) in [6.07, 6.45) is 3.69. The van der Waals surface area contributed by atoms with Gasteiger partial charge >= 0.3 is 0 Å². The van der Waals surface area contributed by atoms with Gasteiger partial charge in [0.25, 0.3) is 5.91 Å². The molecule has 0 fully saturated rings. The van der Waals surface area contributed by atoms with E-state index in [9.17, 15) is 4.79 Å². The van der Waals surface area contributed by atoms with Gasteiger partial charge in [-0.2, -0.15) is 0 Å². The van der Waals surface area contributed by atoms with Gasteiger partial charge in [-0.15, -0.1) is 0 Å². The Bertz CT molecular complexity index is 515. The van der Waals surface area contributed by atoms with Crippen molar-refractivity contribution in [1.29, 1.82) is 0 Å². The zero-order valence-electron chi connectivity index (χ0n) is 11.2. The molecule has 0 saturated heterocycles. The number of hydrogen-bond acceptors (Lipinski definition) is 3. The quantitative estimate of drug-likeness (QED) is 0.328. The van der Waals surface area contributed by atoms with Crippen LogP contribution in [0, 0.1) is 0 Å². The molecule has 0 aliphatic heterocycles. The number of carbonyl (C=O) groups is 1. The number of nitrogens with one attached hydrogen (secondary N) is 2. The minimum absolute atomic E-state index is 0.246. The van der Waals surface area contributed by atoms with Gasteiger partial charge < -0.3 is 10.7 Å². The minimum atomic E-state index is -0.246. The minimum Gasteiger partial charge on any atom is -0.324 e. The average Bonchev–Trinajstić information content (AvgIpc) is 2.40. The lowest BCUT2D eigenvalue weighted by atomic mass is 10.1. The zero-order valence-corrected chi connectivity index (χ0v) is 11.2. The molecule has 0 heterocycles. The van der Waals surface area contributed by atoms with Gasteiger partial charge in [-0.1, -0.05) is 36.9 Å². The number of benzene rings is 1. The van der Waals surface area contributed by atoms with Crippen molar-refractivity contribution in [3.05, 3.63) is 65.9 Å². The van der Waals surface area contributed by atoms with E-state index in [0.29, 0.717) is 11.3 Å². The Hall–Kier alpha value is -2.33. The summed E-state index contributed by atoms with van der Waals surface area (Å²) in [6, 6.07) is 9.23. The smallest absolute Gasteiger partial charge is 0.258 e. The number of allylic oxidation sites excluding steroid dienone is 3. The molecule has 0 aliphatic carbocycles. The van der Waals surface area contributed by atoms with Crippen molar-refractivity contribution in [2.45, 2.75) is 13.8 Å². The Labute approximate surface area is 113 Å². The van der Waals surface area contributed by atoms with Crippen LogP contribution in [0.1, 0.15) is 13.8 Å². The largest absolute Gasteiger partial charge is 0.324 e. The molecule has 0 spiro atoms. The molecule has 0 aromatic heterocycles. The van der Waals surface area contributed by atoms with E-state index in [0.717, 1.165) is 11.3 Å². The molecule has 4 heteroatoms. The molecule has 4 N–H and O–H groups in total. The Balaban J connectivity index is 3.03. The van der Waals surface area contributed by atoms with Crippen LogP contribution in [0.3, 0.4) is 0 Å². The lowest BCUT2D eigenvalue weighted by molar-refractivity contribution is -0.112. The Kier molecular flexibility index (Phi) is 5.57. The second-order valence-electron chi connectivity index (χ2n) is 4.00. The van der Waals surface area contributed by atoms with Crippen molar-refractivity contribution in [2.24, 2.45) is 5.84 Å². The fourth-order valence-electron chi connectivity index (χ4n) is 1.67. The van der Waals surface area contributed by atoms with E-state index in [-0.39, 0.29) is 5.91 Å².